The highest BCUT2D eigenvalue weighted by Gasteiger charge is 2.25. The minimum absolute atomic E-state index is 0.0335. The van der Waals surface area contributed by atoms with E-state index in [9.17, 15) is 8.42 Å². The van der Waals surface area contributed by atoms with Crippen molar-refractivity contribution in [1.82, 2.24) is 19.5 Å². The van der Waals surface area contributed by atoms with Crippen LogP contribution in [0.25, 0.3) is 22.1 Å². The van der Waals surface area contributed by atoms with Crippen molar-refractivity contribution in [2.45, 2.75) is 39.5 Å². The predicted molar refractivity (Wildman–Crippen MR) is 112 cm³/mol. The van der Waals surface area contributed by atoms with Crippen LogP contribution in [0.1, 0.15) is 26.6 Å². The fourth-order valence-corrected chi connectivity index (χ4v) is 3.53. The van der Waals surface area contributed by atoms with E-state index in [0.717, 1.165) is 5.52 Å². The molecule has 0 atom stereocenters. The Bertz CT molecular complexity index is 1120. The molecule has 10 heteroatoms. The smallest absolute Gasteiger partial charge is 0.152 e. The van der Waals surface area contributed by atoms with E-state index >= 15 is 0 Å². The molecule has 3 aromatic rings. The summed E-state index contributed by atoms with van der Waals surface area (Å²) < 4.78 is 36.3. The summed E-state index contributed by atoms with van der Waals surface area (Å²) in [6, 6.07) is 3.66. The zero-order chi connectivity index (χ0) is 21.2. The molecule has 0 saturated carbocycles. The van der Waals surface area contributed by atoms with Gasteiger partial charge in [0.1, 0.15) is 38.8 Å². The van der Waals surface area contributed by atoms with Crippen molar-refractivity contribution >= 4 is 37.7 Å². The zero-order valence-electron chi connectivity index (χ0n) is 17.2. The average Bonchev–Trinajstić information content (AvgIpc) is 2.97. The third kappa shape index (κ3) is 5.01. The lowest BCUT2D eigenvalue weighted by atomic mass is 10.1. The number of aromatic nitrogens is 4. The number of sulfone groups is 1. The number of hydrogen-bond donors (Lipinski definition) is 1. The van der Waals surface area contributed by atoms with Crippen LogP contribution in [0.4, 0.5) is 5.82 Å². The quantitative estimate of drug-likeness (QED) is 0.556. The molecule has 2 N–H and O–H groups in total. The van der Waals surface area contributed by atoms with E-state index in [-0.39, 0.29) is 12.4 Å². The van der Waals surface area contributed by atoms with Gasteiger partial charge in [-0.2, -0.15) is 0 Å². The van der Waals surface area contributed by atoms with Crippen LogP contribution < -0.4 is 5.73 Å². The number of fused-ring (bicyclic) bond motifs is 3. The Hall–Kier alpha value is -2.30. The second-order valence-electron chi connectivity index (χ2n) is 7.55. The van der Waals surface area contributed by atoms with Crippen molar-refractivity contribution in [2.24, 2.45) is 0 Å². The highest BCUT2D eigenvalue weighted by molar-refractivity contribution is 7.90. The lowest BCUT2D eigenvalue weighted by molar-refractivity contribution is -0.0219. The molecule has 3 aromatic heterocycles. The number of nitrogen functional groups attached to an aromatic ring is 1. The molecule has 3 heterocycles. The van der Waals surface area contributed by atoms with Crippen molar-refractivity contribution in [3.05, 3.63) is 24.2 Å². The Kier molecular flexibility index (Phi) is 6.06. The standard InChI is InChI=1S/C19H27N5O4S/c1-5-27-11-14-23-16-17(15-13(22-18(16)20)7-6-8-21-15)24(14)12-19(2,3)28-9-10-29(4,25)26/h6-8H,5,9-12H2,1-4H3,(H2,20,22). The molecule has 3 rings (SSSR count). The average molecular weight is 422 g/mol. The van der Waals surface area contributed by atoms with Crippen LogP contribution in [0.3, 0.4) is 0 Å². The Morgan fingerprint density at radius 3 is 2.69 bits per heavy atom. The summed E-state index contributed by atoms with van der Waals surface area (Å²) in [5.41, 5.74) is 8.22. The second-order valence-corrected chi connectivity index (χ2v) is 9.81. The first-order chi connectivity index (χ1) is 13.6. The lowest BCUT2D eigenvalue weighted by Gasteiger charge is -2.27. The number of anilines is 1. The molecule has 0 saturated heterocycles. The maximum atomic E-state index is 11.4. The normalized spacial score (nSPS) is 12.8. The Morgan fingerprint density at radius 1 is 1.24 bits per heavy atom. The first-order valence-electron chi connectivity index (χ1n) is 9.40. The van der Waals surface area contributed by atoms with Gasteiger partial charge in [0.05, 0.1) is 30.0 Å². The van der Waals surface area contributed by atoms with Crippen LogP contribution in [0, 0.1) is 0 Å². The van der Waals surface area contributed by atoms with Gasteiger partial charge in [-0.25, -0.2) is 18.4 Å². The monoisotopic (exact) mass is 421 g/mol. The van der Waals surface area contributed by atoms with Crippen LogP contribution >= 0.6 is 0 Å². The van der Waals surface area contributed by atoms with E-state index in [1.807, 2.05) is 31.4 Å². The minimum Gasteiger partial charge on any atom is -0.382 e. The molecule has 0 aliphatic carbocycles. The first-order valence-corrected chi connectivity index (χ1v) is 11.5. The van der Waals surface area contributed by atoms with Gasteiger partial charge in [0, 0.05) is 19.1 Å². The third-order valence-electron chi connectivity index (χ3n) is 4.46. The summed E-state index contributed by atoms with van der Waals surface area (Å²) in [5, 5.41) is 0. The zero-order valence-corrected chi connectivity index (χ0v) is 18.0. The molecule has 0 spiro atoms. The van der Waals surface area contributed by atoms with Crippen molar-refractivity contribution in [2.75, 3.05) is 31.0 Å². The van der Waals surface area contributed by atoms with Gasteiger partial charge in [-0.3, -0.25) is 4.98 Å². The molecule has 0 amide bonds. The molecule has 0 aromatic carbocycles. The molecule has 0 unspecified atom stereocenters. The summed E-state index contributed by atoms with van der Waals surface area (Å²) in [5.74, 6) is 0.981. The Morgan fingerprint density at radius 2 is 2.00 bits per heavy atom. The van der Waals surface area contributed by atoms with E-state index in [1.54, 1.807) is 12.3 Å². The molecular weight excluding hydrogens is 394 g/mol. The summed E-state index contributed by atoms with van der Waals surface area (Å²) in [4.78, 5) is 13.6. The van der Waals surface area contributed by atoms with Crippen LogP contribution in [0.15, 0.2) is 18.3 Å². The number of hydrogen-bond acceptors (Lipinski definition) is 8. The van der Waals surface area contributed by atoms with Gasteiger partial charge < -0.3 is 19.8 Å². The Balaban J connectivity index is 2.06. The van der Waals surface area contributed by atoms with Gasteiger partial charge in [0.25, 0.3) is 0 Å². The van der Waals surface area contributed by atoms with Crippen molar-refractivity contribution in [3.8, 4) is 0 Å². The first kappa shape index (κ1) is 21.4. The van der Waals surface area contributed by atoms with Gasteiger partial charge in [-0.05, 0) is 32.9 Å². The predicted octanol–water partition coefficient (Wildman–Crippen LogP) is 1.94. The van der Waals surface area contributed by atoms with Gasteiger partial charge in [-0.1, -0.05) is 0 Å². The number of ether oxygens (including phenoxy) is 2. The summed E-state index contributed by atoms with van der Waals surface area (Å²) in [7, 11) is -3.10. The fraction of sp³-hybridized carbons (Fsp3) is 0.526. The van der Waals surface area contributed by atoms with Gasteiger partial charge >= 0.3 is 0 Å². The van der Waals surface area contributed by atoms with E-state index in [0.29, 0.717) is 48.0 Å². The molecular formula is C19H27N5O4S. The number of pyridine rings is 2. The summed E-state index contributed by atoms with van der Waals surface area (Å²) in [6.45, 7) is 7.12. The number of nitrogens with two attached hydrogens (primary N) is 1. The molecule has 0 radical (unpaired) electrons. The summed E-state index contributed by atoms with van der Waals surface area (Å²) >= 11 is 0. The third-order valence-corrected chi connectivity index (χ3v) is 5.37. The van der Waals surface area contributed by atoms with Gasteiger partial charge in [-0.15, -0.1) is 0 Å². The maximum absolute atomic E-state index is 11.4. The van der Waals surface area contributed by atoms with Crippen LogP contribution in [0.5, 0.6) is 0 Å². The fourth-order valence-electron chi connectivity index (χ4n) is 3.14. The Labute approximate surface area is 170 Å². The highest BCUT2D eigenvalue weighted by atomic mass is 32.2. The van der Waals surface area contributed by atoms with Crippen LogP contribution in [0.2, 0.25) is 0 Å². The number of imidazole rings is 1. The molecule has 0 aliphatic rings. The molecule has 0 fully saturated rings. The van der Waals surface area contributed by atoms with Gasteiger partial charge in [0.15, 0.2) is 5.82 Å². The number of rotatable bonds is 9. The molecule has 29 heavy (non-hydrogen) atoms. The van der Waals surface area contributed by atoms with Crippen molar-refractivity contribution in [3.63, 3.8) is 0 Å². The largest absolute Gasteiger partial charge is 0.382 e. The summed E-state index contributed by atoms with van der Waals surface area (Å²) in [6.07, 6.45) is 2.90. The SMILES string of the molecule is CCOCc1nc2c(N)nc3cccnc3c2n1CC(C)(C)OCCS(C)(=O)=O. The molecule has 0 aliphatic heterocycles. The molecule has 0 bridgehead atoms. The topological polar surface area (TPSA) is 122 Å². The van der Waals surface area contributed by atoms with E-state index < -0.39 is 15.4 Å². The van der Waals surface area contributed by atoms with Crippen molar-refractivity contribution < 1.29 is 17.9 Å². The number of nitrogens with zero attached hydrogens (tertiary/aromatic N) is 4. The van der Waals surface area contributed by atoms with Crippen molar-refractivity contribution in [1.29, 1.82) is 0 Å². The van der Waals surface area contributed by atoms with E-state index in [2.05, 4.69) is 15.0 Å². The highest BCUT2D eigenvalue weighted by Crippen LogP contribution is 2.29. The van der Waals surface area contributed by atoms with Crippen LogP contribution in [-0.4, -0.2) is 58.8 Å². The second kappa shape index (κ2) is 8.21. The van der Waals surface area contributed by atoms with E-state index in [1.165, 1.54) is 6.26 Å². The maximum Gasteiger partial charge on any atom is 0.152 e. The lowest BCUT2D eigenvalue weighted by Crippen LogP contribution is -2.33. The molecule has 9 nitrogen and oxygen atoms in total. The molecule has 158 valence electrons. The van der Waals surface area contributed by atoms with Gasteiger partial charge in [0.2, 0.25) is 0 Å². The van der Waals surface area contributed by atoms with Crippen LogP contribution in [-0.2, 0) is 32.5 Å². The minimum atomic E-state index is -3.10. The van der Waals surface area contributed by atoms with E-state index in [4.69, 9.17) is 15.2 Å².